The number of phenolic OH excluding ortho intramolecular Hbond substituents is 1. The fourth-order valence-electron chi connectivity index (χ4n) is 1.80. The maximum absolute atomic E-state index is 12.0. The second kappa shape index (κ2) is 7.27. The first-order chi connectivity index (χ1) is 8.58. The van der Waals surface area contributed by atoms with Gasteiger partial charge in [-0.15, -0.1) is 0 Å². The maximum atomic E-state index is 12.0. The third-order valence-electron chi connectivity index (χ3n) is 2.98. The summed E-state index contributed by atoms with van der Waals surface area (Å²) in [7, 11) is 0. The first kappa shape index (κ1) is 14.8. The molecule has 0 aromatic heterocycles. The zero-order valence-corrected chi connectivity index (χ0v) is 11.6. The molecular weight excluding hydrogens is 250 g/mol. The zero-order valence-electron chi connectivity index (χ0n) is 10.9. The predicted octanol–water partition coefficient (Wildman–Crippen LogP) is 4.20. The van der Waals surface area contributed by atoms with Crippen LogP contribution in [-0.4, -0.2) is 11.0 Å². The number of hydrogen-bond acceptors (Lipinski definition) is 2. The number of rotatable bonds is 6. The van der Waals surface area contributed by atoms with Crippen molar-refractivity contribution in [3.05, 3.63) is 23.2 Å². The molecule has 1 unspecified atom stereocenters. The van der Waals surface area contributed by atoms with Gasteiger partial charge in [0.1, 0.15) is 5.75 Å². The molecule has 0 aliphatic heterocycles. The van der Waals surface area contributed by atoms with E-state index in [1.165, 1.54) is 6.07 Å². The van der Waals surface area contributed by atoms with Gasteiger partial charge < -0.3 is 10.4 Å². The van der Waals surface area contributed by atoms with Gasteiger partial charge in [0.15, 0.2) is 0 Å². The Hall–Kier alpha value is -1.22. The lowest BCUT2D eigenvalue weighted by atomic mass is 9.98. The molecule has 0 saturated heterocycles. The summed E-state index contributed by atoms with van der Waals surface area (Å²) in [5.41, 5.74) is 0.623. The van der Waals surface area contributed by atoms with E-state index in [0.717, 1.165) is 25.7 Å². The Balaban J connectivity index is 2.64. The smallest absolute Gasteiger partial charge is 0.227 e. The summed E-state index contributed by atoms with van der Waals surface area (Å²) in [6.07, 6.45) is 3.89. The van der Waals surface area contributed by atoms with Crippen molar-refractivity contribution in [3.8, 4) is 5.75 Å². The summed E-state index contributed by atoms with van der Waals surface area (Å²) < 4.78 is 0. The number of benzene rings is 1. The van der Waals surface area contributed by atoms with Crippen LogP contribution < -0.4 is 5.32 Å². The number of unbranched alkanes of at least 4 members (excludes halogenated alkanes) is 1. The van der Waals surface area contributed by atoms with E-state index in [-0.39, 0.29) is 22.6 Å². The molecule has 2 N–H and O–H groups in total. The molecule has 0 aliphatic carbocycles. The minimum atomic E-state index is 0.0210. The molecule has 0 bridgehead atoms. The van der Waals surface area contributed by atoms with Crippen molar-refractivity contribution >= 4 is 23.2 Å². The Labute approximate surface area is 113 Å². The molecule has 0 spiro atoms. The number of nitrogens with one attached hydrogen (secondary N) is 1. The van der Waals surface area contributed by atoms with Crippen LogP contribution in [0.3, 0.4) is 0 Å². The van der Waals surface area contributed by atoms with Crippen LogP contribution in [0.25, 0.3) is 0 Å². The van der Waals surface area contributed by atoms with Crippen molar-refractivity contribution in [2.75, 3.05) is 5.32 Å². The highest BCUT2D eigenvalue weighted by molar-refractivity contribution is 6.32. The van der Waals surface area contributed by atoms with Gasteiger partial charge in [-0.25, -0.2) is 0 Å². The molecule has 0 heterocycles. The molecule has 0 fully saturated rings. The maximum Gasteiger partial charge on any atom is 0.227 e. The van der Waals surface area contributed by atoms with Gasteiger partial charge in [0.2, 0.25) is 5.91 Å². The Morgan fingerprint density at radius 3 is 2.72 bits per heavy atom. The van der Waals surface area contributed by atoms with Crippen LogP contribution in [0.15, 0.2) is 18.2 Å². The molecule has 0 saturated carbocycles. The summed E-state index contributed by atoms with van der Waals surface area (Å²) in [5, 5.41) is 12.4. The van der Waals surface area contributed by atoms with E-state index in [2.05, 4.69) is 12.2 Å². The zero-order chi connectivity index (χ0) is 13.5. The quantitative estimate of drug-likeness (QED) is 0.761. The molecule has 1 aromatic carbocycles. The lowest BCUT2D eigenvalue weighted by Crippen LogP contribution is -2.22. The number of anilines is 1. The monoisotopic (exact) mass is 269 g/mol. The Morgan fingerprint density at radius 1 is 1.44 bits per heavy atom. The van der Waals surface area contributed by atoms with E-state index in [0.29, 0.717) is 5.69 Å². The van der Waals surface area contributed by atoms with Crippen LogP contribution in [0.1, 0.15) is 39.5 Å². The first-order valence-corrected chi connectivity index (χ1v) is 6.75. The fourth-order valence-corrected chi connectivity index (χ4v) is 1.98. The number of carbonyl (C=O) groups is 1. The van der Waals surface area contributed by atoms with E-state index in [9.17, 15) is 9.90 Å². The molecule has 1 atom stereocenters. The van der Waals surface area contributed by atoms with Crippen molar-refractivity contribution in [2.45, 2.75) is 39.5 Å². The molecule has 1 amide bonds. The Bertz CT molecular complexity index is 407. The summed E-state index contributed by atoms with van der Waals surface area (Å²) in [5.74, 6) is 0.0814. The Kier molecular flexibility index (Phi) is 5.99. The SMILES string of the molecule is CCCCC(CC)C(=O)Nc1ccc(O)c(Cl)c1. The van der Waals surface area contributed by atoms with Crippen molar-refractivity contribution in [1.29, 1.82) is 0 Å². The summed E-state index contributed by atoms with van der Waals surface area (Å²) in [6, 6.07) is 4.68. The molecule has 3 nitrogen and oxygen atoms in total. The topological polar surface area (TPSA) is 49.3 Å². The highest BCUT2D eigenvalue weighted by Crippen LogP contribution is 2.26. The van der Waals surface area contributed by atoms with Gasteiger partial charge in [0.05, 0.1) is 5.02 Å². The molecule has 4 heteroatoms. The van der Waals surface area contributed by atoms with Crippen molar-refractivity contribution in [1.82, 2.24) is 0 Å². The number of carbonyl (C=O) groups excluding carboxylic acids is 1. The van der Waals surface area contributed by atoms with Crippen LogP contribution in [0.2, 0.25) is 5.02 Å². The molecule has 18 heavy (non-hydrogen) atoms. The molecule has 0 aliphatic rings. The van der Waals surface area contributed by atoms with Gasteiger partial charge in [-0.2, -0.15) is 0 Å². The number of hydrogen-bond donors (Lipinski definition) is 2. The largest absolute Gasteiger partial charge is 0.506 e. The number of amides is 1. The molecule has 0 radical (unpaired) electrons. The van der Waals surface area contributed by atoms with Gasteiger partial charge >= 0.3 is 0 Å². The molecule has 100 valence electrons. The lowest BCUT2D eigenvalue weighted by molar-refractivity contribution is -0.120. The minimum Gasteiger partial charge on any atom is -0.506 e. The summed E-state index contributed by atoms with van der Waals surface area (Å²) >= 11 is 5.79. The highest BCUT2D eigenvalue weighted by atomic mass is 35.5. The first-order valence-electron chi connectivity index (χ1n) is 6.37. The van der Waals surface area contributed by atoms with Crippen LogP contribution in [0.5, 0.6) is 5.75 Å². The van der Waals surface area contributed by atoms with Crippen molar-refractivity contribution < 1.29 is 9.90 Å². The third-order valence-corrected chi connectivity index (χ3v) is 3.29. The Morgan fingerprint density at radius 2 is 2.17 bits per heavy atom. The second-order valence-corrected chi connectivity index (χ2v) is 4.81. The van der Waals surface area contributed by atoms with Crippen LogP contribution in [0.4, 0.5) is 5.69 Å². The van der Waals surface area contributed by atoms with E-state index in [4.69, 9.17) is 11.6 Å². The summed E-state index contributed by atoms with van der Waals surface area (Å²) in [6.45, 7) is 4.13. The van der Waals surface area contributed by atoms with Crippen molar-refractivity contribution in [3.63, 3.8) is 0 Å². The van der Waals surface area contributed by atoms with Gasteiger partial charge in [-0.05, 0) is 31.0 Å². The van der Waals surface area contributed by atoms with Gasteiger partial charge in [0, 0.05) is 11.6 Å². The van der Waals surface area contributed by atoms with E-state index in [1.807, 2.05) is 6.92 Å². The van der Waals surface area contributed by atoms with Gasteiger partial charge in [0.25, 0.3) is 0 Å². The molecular formula is C14H20ClNO2. The second-order valence-electron chi connectivity index (χ2n) is 4.40. The lowest BCUT2D eigenvalue weighted by Gasteiger charge is -2.14. The van der Waals surface area contributed by atoms with Crippen LogP contribution in [-0.2, 0) is 4.79 Å². The van der Waals surface area contributed by atoms with Gasteiger partial charge in [-0.1, -0.05) is 38.3 Å². The van der Waals surface area contributed by atoms with Crippen LogP contribution >= 0.6 is 11.6 Å². The molecule has 1 aromatic rings. The van der Waals surface area contributed by atoms with Gasteiger partial charge in [-0.3, -0.25) is 4.79 Å². The molecule has 1 rings (SSSR count). The average molecular weight is 270 g/mol. The minimum absolute atomic E-state index is 0.0210. The number of halogens is 1. The number of aromatic hydroxyl groups is 1. The standard InChI is InChI=1S/C14H20ClNO2/c1-3-5-6-10(4-2)14(18)16-11-7-8-13(17)12(15)9-11/h7-10,17H,3-6H2,1-2H3,(H,16,18). The normalized spacial score (nSPS) is 12.2. The van der Waals surface area contributed by atoms with E-state index < -0.39 is 0 Å². The highest BCUT2D eigenvalue weighted by Gasteiger charge is 2.16. The average Bonchev–Trinajstić information content (AvgIpc) is 2.35. The summed E-state index contributed by atoms with van der Waals surface area (Å²) in [4.78, 5) is 12.0. The van der Waals surface area contributed by atoms with Crippen LogP contribution in [0, 0.1) is 5.92 Å². The van der Waals surface area contributed by atoms with Crippen molar-refractivity contribution in [2.24, 2.45) is 5.92 Å². The third kappa shape index (κ3) is 4.22. The fraction of sp³-hybridized carbons (Fsp3) is 0.500. The van der Waals surface area contributed by atoms with E-state index in [1.54, 1.807) is 12.1 Å². The predicted molar refractivity (Wildman–Crippen MR) is 75.1 cm³/mol. The number of phenols is 1. The van der Waals surface area contributed by atoms with E-state index >= 15 is 0 Å².